The first-order chi connectivity index (χ1) is 9.67. The van der Waals surface area contributed by atoms with Gasteiger partial charge in [-0.3, -0.25) is 0 Å². The number of imidazole rings is 1. The maximum Gasteiger partial charge on any atom is 0.111 e. The molecule has 1 heterocycles. The van der Waals surface area contributed by atoms with Crippen LogP contribution < -0.4 is 0 Å². The molecule has 0 bridgehead atoms. The van der Waals surface area contributed by atoms with Crippen molar-refractivity contribution in [1.29, 1.82) is 0 Å². The molecule has 0 radical (unpaired) electrons. The molecule has 0 fully saturated rings. The van der Waals surface area contributed by atoms with Crippen molar-refractivity contribution in [3.8, 4) is 0 Å². The van der Waals surface area contributed by atoms with Crippen LogP contribution in [0, 0.1) is 0 Å². The third-order valence-corrected chi connectivity index (χ3v) is 4.78. The lowest BCUT2D eigenvalue weighted by Crippen LogP contribution is -2.05. The Labute approximate surface area is 138 Å². The van der Waals surface area contributed by atoms with E-state index in [9.17, 15) is 0 Å². The number of rotatable bonds is 7. The molecule has 2 aromatic rings. The van der Waals surface area contributed by atoms with Gasteiger partial charge in [0.1, 0.15) is 5.82 Å². The van der Waals surface area contributed by atoms with Crippen molar-refractivity contribution >= 4 is 57.6 Å². The fraction of sp³-hybridized carbons (Fsp3) is 0.500. The fourth-order valence-electron chi connectivity index (χ4n) is 2.21. The Bertz CT molecular complexity index is 583. The van der Waals surface area contributed by atoms with Crippen LogP contribution in [-0.2, 0) is 13.0 Å². The lowest BCUT2D eigenvalue weighted by Gasteiger charge is -2.08. The van der Waals surface area contributed by atoms with Crippen LogP contribution in [0.5, 0.6) is 0 Å². The van der Waals surface area contributed by atoms with Crippen LogP contribution in [0.4, 0.5) is 0 Å². The largest absolute Gasteiger partial charge is 0.328 e. The second kappa shape index (κ2) is 7.79. The molecule has 1 aromatic carbocycles. The second-order valence-corrected chi connectivity index (χ2v) is 6.75. The Balaban J connectivity index is 2.32. The molecule has 0 saturated carbocycles. The number of unbranched alkanes of at least 4 members (excludes halogenated alkanes) is 1. The van der Waals surface area contributed by atoms with Crippen LogP contribution in [0.25, 0.3) is 11.0 Å². The lowest BCUT2D eigenvalue weighted by atomic mass is 10.3. The van der Waals surface area contributed by atoms with Gasteiger partial charge in [0.25, 0.3) is 0 Å². The number of thioether (sulfide) groups is 1. The minimum absolute atomic E-state index is 0.545. The van der Waals surface area contributed by atoms with Gasteiger partial charge in [0.15, 0.2) is 0 Å². The van der Waals surface area contributed by atoms with Gasteiger partial charge in [-0.25, -0.2) is 4.98 Å². The molecule has 0 spiro atoms. The molecule has 0 unspecified atom stereocenters. The maximum atomic E-state index is 6.13. The highest BCUT2D eigenvalue weighted by Crippen LogP contribution is 2.28. The fourth-order valence-corrected chi connectivity index (χ4v) is 3.19. The molecule has 6 heteroatoms. The zero-order valence-corrected chi connectivity index (χ0v) is 14.4. The van der Waals surface area contributed by atoms with Gasteiger partial charge in [-0.1, -0.05) is 23.2 Å². The lowest BCUT2D eigenvalue weighted by molar-refractivity contribution is 0.623. The number of aromatic nitrogens is 2. The third-order valence-electron chi connectivity index (χ3n) is 3.17. The molecule has 0 aliphatic rings. The zero-order chi connectivity index (χ0) is 14.5. The number of halogens is 3. The first-order valence-corrected chi connectivity index (χ1v) is 9.25. The normalized spacial score (nSPS) is 11.4. The predicted molar refractivity (Wildman–Crippen MR) is 91.8 cm³/mol. The molecule has 20 heavy (non-hydrogen) atoms. The molecule has 0 N–H and O–H groups in total. The van der Waals surface area contributed by atoms with Crippen molar-refractivity contribution < 1.29 is 0 Å². The van der Waals surface area contributed by atoms with Gasteiger partial charge in [-0.15, -0.1) is 11.6 Å². The maximum absolute atomic E-state index is 6.13. The van der Waals surface area contributed by atoms with Crippen LogP contribution in [0.3, 0.4) is 0 Å². The van der Waals surface area contributed by atoms with Crippen LogP contribution in [0.1, 0.15) is 18.7 Å². The van der Waals surface area contributed by atoms with E-state index in [2.05, 4.69) is 15.8 Å². The summed E-state index contributed by atoms with van der Waals surface area (Å²) in [5.41, 5.74) is 1.94. The molecular weight excluding hydrogens is 335 g/mol. The quantitative estimate of drug-likeness (QED) is 0.499. The molecule has 0 aliphatic heterocycles. The van der Waals surface area contributed by atoms with E-state index >= 15 is 0 Å². The van der Waals surface area contributed by atoms with Crippen molar-refractivity contribution in [2.45, 2.75) is 25.8 Å². The third kappa shape index (κ3) is 3.76. The van der Waals surface area contributed by atoms with Gasteiger partial charge in [-0.2, -0.15) is 11.8 Å². The van der Waals surface area contributed by atoms with Crippen molar-refractivity contribution in [3.63, 3.8) is 0 Å². The summed E-state index contributed by atoms with van der Waals surface area (Å²) in [6.07, 6.45) is 5.21. The summed E-state index contributed by atoms with van der Waals surface area (Å²) in [4.78, 5) is 4.63. The van der Waals surface area contributed by atoms with Crippen LogP contribution >= 0.6 is 46.6 Å². The van der Waals surface area contributed by atoms with Crippen LogP contribution in [-0.4, -0.2) is 27.4 Å². The summed E-state index contributed by atoms with van der Waals surface area (Å²) in [7, 11) is 0. The van der Waals surface area contributed by atoms with E-state index in [-0.39, 0.29) is 0 Å². The predicted octanol–water partition coefficient (Wildman–Crippen LogP) is 5.27. The van der Waals surface area contributed by atoms with Gasteiger partial charge >= 0.3 is 0 Å². The first-order valence-electron chi connectivity index (χ1n) is 6.56. The number of benzene rings is 1. The van der Waals surface area contributed by atoms with Crippen molar-refractivity contribution in [2.24, 2.45) is 0 Å². The Kier molecular flexibility index (Phi) is 6.34. The molecule has 0 saturated heterocycles. The minimum atomic E-state index is 0.545. The Morgan fingerprint density at radius 2 is 1.95 bits per heavy atom. The summed E-state index contributed by atoms with van der Waals surface area (Å²) in [5, 5.41) is 1.12. The van der Waals surface area contributed by atoms with E-state index in [1.807, 2.05) is 23.9 Å². The van der Waals surface area contributed by atoms with E-state index in [4.69, 9.17) is 34.8 Å². The van der Waals surface area contributed by atoms with Crippen LogP contribution in [0.15, 0.2) is 12.1 Å². The van der Waals surface area contributed by atoms with Gasteiger partial charge in [0, 0.05) is 18.8 Å². The average molecular weight is 352 g/mol. The highest BCUT2D eigenvalue weighted by molar-refractivity contribution is 7.98. The number of hydrogen-bond acceptors (Lipinski definition) is 2. The second-order valence-electron chi connectivity index (χ2n) is 4.57. The Morgan fingerprint density at radius 3 is 2.65 bits per heavy atom. The number of hydrogen-bond donors (Lipinski definition) is 0. The number of alkyl halides is 1. The molecule has 0 atom stereocenters. The minimum Gasteiger partial charge on any atom is -0.328 e. The summed E-state index contributed by atoms with van der Waals surface area (Å²) < 4.78 is 2.22. The summed E-state index contributed by atoms with van der Waals surface area (Å²) in [6, 6.07) is 3.73. The number of aryl methyl sites for hydroxylation is 2. The van der Waals surface area contributed by atoms with Gasteiger partial charge in [0.2, 0.25) is 0 Å². The summed E-state index contributed by atoms with van der Waals surface area (Å²) >= 11 is 19.9. The highest BCUT2D eigenvalue weighted by atomic mass is 35.5. The smallest absolute Gasteiger partial charge is 0.111 e. The summed E-state index contributed by atoms with van der Waals surface area (Å²) in [6.45, 7) is 0.946. The van der Waals surface area contributed by atoms with Gasteiger partial charge < -0.3 is 4.57 Å². The van der Waals surface area contributed by atoms with E-state index < -0.39 is 0 Å². The van der Waals surface area contributed by atoms with Crippen molar-refractivity contribution in [2.75, 3.05) is 17.9 Å². The van der Waals surface area contributed by atoms with Crippen molar-refractivity contribution in [3.05, 3.63) is 28.0 Å². The Hall–Kier alpha value is -0.0900. The van der Waals surface area contributed by atoms with Gasteiger partial charge in [-0.05, 0) is 37.0 Å². The Morgan fingerprint density at radius 1 is 1.20 bits per heavy atom. The van der Waals surface area contributed by atoms with Crippen LogP contribution in [0.2, 0.25) is 10.0 Å². The number of nitrogens with zero attached hydrogens (tertiary/aromatic N) is 2. The standard InChI is InChI=1S/C14H17Cl3N2S/c1-20-7-3-2-6-19-13-9-11(17)10(16)8-12(13)18-14(19)4-5-15/h8-9H,2-7H2,1H3. The molecule has 1 aromatic heterocycles. The topological polar surface area (TPSA) is 17.8 Å². The average Bonchev–Trinajstić information content (AvgIpc) is 2.73. The molecule has 0 amide bonds. The molecule has 2 rings (SSSR count). The number of fused-ring (bicyclic) bond motifs is 1. The molecule has 2 nitrogen and oxygen atoms in total. The molecule has 110 valence electrons. The van der Waals surface area contributed by atoms with Crippen molar-refractivity contribution in [1.82, 2.24) is 9.55 Å². The van der Waals surface area contributed by atoms with E-state index in [0.717, 1.165) is 36.2 Å². The van der Waals surface area contributed by atoms with E-state index in [1.165, 1.54) is 12.2 Å². The molecular formula is C14H17Cl3N2S. The molecule has 0 aliphatic carbocycles. The SMILES string of the molecule is CSCCCCn1c(CCCl)nc2cc(Cl)c(Cl)cc21. The zero-order valence-electron chi connectivity index (χ0n) is 11.3. The monoisotopic (exact) mass is 350 g/mol. The first kappa shape index (κ1) is 16.3. The van der Waals surface area contributed by atoms with E-state index in [1.54, 1.807) is 0 Å². The summed E-state index contributed by atoms with van der Waals surface area (Å²) in [5.74, 6) is 2.76. The van der Waals surface area contributed by atoms with E-state index in [0.29, 0.717) is 15.9 Å². The highest BCUT2D eigenvalue weighted by Gasteiger charge is 2.12. The van der Waals surface area contributed by atoms with Gasteiger partial charge in [0.05, 0.1) is 21.1 Å².